The summed E-state index contributed by atoms with van der Waals surface area (Å²) in [6.07, 6.45) is 2.17. The van der Waals surface area contributed by atoms with Gasteiger partial charge < -0.3 is 19.5 Å². The Morgan fingerprint density at radius 3 is 2.78 bits per heavy atom. The standard InChI is InChI=1S/C22H27NO4/c1-25-14-12-23-21(24)22(11-6-13-27-22)16-17-7-5-8-18(15-17)19-9-3-4-10-20(19)26-2/h3-5,7-10,15H,6,11-14,16H2,1-2H3,(H,23,24)/t22-/m0/s1. The van der Waals surface area contributed by atoms with Crippen LogP contribution in [-0.4, -0.2) is 45.5 Å². The van der Waals surface area contributed by atoms with Crippen LogP contribution in [0.15, 0.2) is 48.5 Å². The smallest absolute Gasteiger partial charge is 0.252 e. The van der Waals surface area contributed by atoms with Crippen molar-refractivity contribution < 1.29 is 19.0 Å². The molecular weight excluding hydrogens is 342 g/mol. The third kappa shape index (κ3) is 4.49. The summed E-state index contributed by atoms with van der Waals surface area (Å²) in [5.41, 5.74) is 2.38. The number of ether oxygens (including phenoxy) is 3. The monoisotopic (exact) mass is 369 g/mol. The number of amides is 1. The first-order valence-corrected chi connectivity index (χ1v) is 9.32. The van der Waals surface area contributed by atoms with Gasteiger partial charge in [-0.25, -0.2) is 0 Å². The van der Waals surface area contributed by atoms with Crippen molar-refractivity contribution in [1.29, 1.82) is 0 Å². The molecule has 3 rings (SSSR count). The lowest BCUT2D eigenvalue weighted by atomic mass is 9.89. The van der Waals surface area contributed by atoms with Crippen molar-refractivity contribution in [3.63, 3.8) is 0 Å². The number of nitrogens with one attached hydrogen (secondary N) is 1. The Hall–Kier alpha value is -2.37. The van der Waals surface area contributed by atoms with Crippen molar-refractivity contribution in [2.45, 2.75) is 24.9 Å². The van der Waals surface area contributed by atoms with Gasteiger partial charge in [-0.05, 0) is 30.0 Å². The van der Waals surface area contributed by atoms with Crippen LogP contribution in [-0.2, 0) is 20.7 Å². The highest BCUT2D eigenvalue weighted by Gasteiger charge is 2.42. The SMILES string of the molecule is COCCNC(=O)[C@@]1(Cc2cccc(-c3ccccc3OC)c2)CCCO1. The Morgan fingerprint density at radius 1 is 1.19 bits per heavy atom. The lowest BCUT2D eigenvalue weighted by Crippen LogP contribution is -2.48. The molecule has 5 heteroatoms. The van der Waals surface area contributed by atoms with Gasteiger partial charge in [0.15, 0.2) is 5.60 Å². The van der Waals surface area contributed by atoms with Crippen molar-refractivity contribution in [3.05, 3.63) is 54.1 Å². The van der Waals surface area contributed by atoms with E-state index in [1.807, 2.05) is 36.4 Å². The van der Waals surface area contributed by atoms with Gasteiger partial charge in [0.1, 0.15) is 5.75 Å². The number of para-hydroxylation sites is 1. The second-order valence-electron chi connectivity index (χ2n) is 6.77. The maximum absolute atomic E-state index is 12.8. The molecule has 27 heavy (non-hydrogen) atoms. The molecule has 1 N–H and O–H groups in total. The second kappa shape index (κ2) is 9.02. The molecule has 1 fully saturated rings. The number of hydrogen-bond donors (Lipinski definition) is 1. The van der Waals surface area contributed by atoms with Crippen molar-refractivity contribution in [2.75, 3.05) is 34.0 Å². The molecule has 1 amide bonds. The number of benzene rings is 2. The van der Waals surface area contributed by atoms with E-state index >= 15 is 0 Å². The van der Waals surface area contributed by atoms with Crippen molar-refractivity contribution in [2.24, 2.45) is 0 Å². The zero-order chi connectivity index (χ0) is 19.1. The molecule has 1 saturated heterocycles. The summed E-state index contributed by atoms with van der Waals surface area (Å²) < 4.78 is 16.5. The summed E-state index contributed by atoms with van der Waals surface area (Å²) in [6.45, 7) is 1.59. The van der Waals surface area contributed by atoms with Gasteiger partial charge in [-0.2, -0.15) is 0 Å². The molecule has 1 aliphatic rings. The van der Waals surface area contributed by atoms with Crippen LogP contribution in [0.5, 0.6) is 5.75 Å². The lowest BCUT2D eigenvalue weighted by Gasteiger charge is -2.27. The third-order valence-corrected chi connectivity index (χ3v) is 4.94. The predicted molar refractivity (Wildman–Crippen MR) is 105 cm³/mol. The van der Waals surface area contributed by atoms with E-state index in [2.05, 4.69) is 17.4 Å². The molecule has 1 aliphatic heterocycles. The molecule has 5 nitrogen and oxygen atoms in total. The minimum absolute atomic E-state index is 0.0558. The zero-order valence-corrected chi connectivity index (χ0v) is 16.0. The summed E-state index contributed by atoms with van der Waals surface area (Å²) in [5, 5.41) is 2.94. The van der Waals surface area contributed by atoms with Gasteiger partial charge in [-0.3, -0.25) is 4.79 Å². The van der Waals surface area contributed by atoms with E-state index in [0.29, 0.717) is 26.2 Å². The minimum atomic E-state index is -0.798. The summed E-state index contributed by atoms with van der Waals surface area (Å²) in [7, 11) is 3.30. The molecule has 0 radical (unpaired) electrons. The van der Waals surface area contributed by atoms with Gasteiger partial charge in [0.05, 0.1) is 13.7 Å². The summed E-state index contributed by atoms with van der Waals surface area (Å²) in [5.74, 6) is 0.776. The summed E-state index contributed by atoms with van der Waals surface area (Å²) in [6, 6.07) is 16.2. The highest BCUT2D eigenvalue weighted by atomic mass is 16.5. The first-order chi connectivity index (χ1) is 13.2. The Balaban J connectivity index is 1.82. The van der Waals surface area contributed by atoms with E-state index in [4.69, 9.17) is 14.2 Å². The molecule has 1 heterocycles. The van der Waals surface area contributed by atoms with Crippen LogP contribution in [0.3, 0.4) is 0 Å². The molecule has 0 spiro atoms. The summed E-state index contributed by atoms with van der Waals surface area (Å²) in [4.78, 5) is 12.8. The Morgan fingerprint density at radius 2 is 2.04 bits per heavy atom. The van der Waals surface area contributed by atoms with Crippen LogP contribution in [0.2, 0.25) is 0 Å². The molecular formula is C22H27NO4. The van der Waals surface area contributed by atoms with E-state index in [9.17, 15) is 4.79 Å². The molecule has 1 atom stereocenters. The maximum Gasteiger partial charge on any atom is 0.252 e. The topological polar surface area (TPSA) is 56.8 Å². The highest BCUT2D eigenvalue weighted by molar-refractivity contribution is 5.86. The van der Waals surface area contributed by atoms with E-state index in [1.165, 1.54) is 0 Å². The average molecular weight is 369 g/mol. The van der Waals surface area contributed by atoms with Crippen LogP contribution < -0.4 is 10.1 Å². The maximum atomic E-state index is 12.8. The van der Waals surface area contributed by atoms with Crippen LogP contribution in [0.4, 0.5) is 0 Å². The average Bonchev–Trinajstić information content (AvgIpc) is 3.18. The molecule has 2 aromatic rings. The second-order valence-corrected chi connectivity index (χ2v) is 6.77. The minimum Gasteiger partial charge on any atom is -0.496 e. The Bertz CT molecular complexity index is 768. The molecule has 0 bridgehead atoms. The van der Waals surface area contributed by atoms with Gasteiger partial charge in [0.25, 0.3) is 5.91 Å². The van der Waals surface area contributed by atoms with Gasteiger partial charge in [-0.15, -0.1) is 0 Å². The molecule has 0 aromatic heterocycles. The fourth-order valence-electron chi connectivity index (χ4n) is 3.59. The zero-order valence-electron chi connectivity index (χ0n) is 16.0. The largest absolute Gasteiger partial charge is 0.496 e. The van der Waals surface area contributed by atoms with Crippen molar-refractivity contribution >= 4 is 5.91 Å². The summed E-state index contributed by atoms with van der Waals surface area (Å²) >= 11 is 0. The van der Waals surface area contributed by atoms with E-state index in [0.717, 1.165) is 35.3 Å². The van der Waals surface area contributed by atoms with E-state index in [-0.39, 0.29) is 5.91 Å². The Labute approximate surface area is 160 Å². The highest BCUT2D eigenvalue weighted by Crippen LogP contribution is 2.33. The van der Waals surface area contributed by atoms with Crippen molar-refractivity contribution in [1.82, 2.24) is 5.32 Å². The van der Waals surface area contributed by atoms with Crippen molar-refractivity contribution in [3.8, 4) is 16.9 Å². The number of rotatable bonds is 8. The van der Waals surface area contributed by atoms with Gasteiger partial charge >= 0.3 is 0 Å². The van der Waals surface area contributed by atoms with Crippen LogP contribution in [0.1, 0.15) is 18.4 Å². The quantitative estimate of drug-likeness (QED) is 0.726. The number of carbonyl (C=O) groups is 1. The molecule has 0 unspecified atom stereocenters. The lowest BCUT2D eigenvalue weighted by molar-refractivity contribution is -0.141. The van der Waals surface area contributed by atoms with Crippen LogP contribution in [0.25, 0.3) is 11.1 Å². The van der Waals surface area contributed by atoms with E-state index in [1.54, 1.807) is 14.2 Å². The molecule has 0 aliphatic carbocycles. The number of methoxy groups -OCH3 is 2. The fraction of sp³-hybridized carbons (Fsp3) is 0.409. The first-order valence-electron chi connectivity index (χ1n) is 9.32. The van der Waals surface area contributed by atoms with Crippen LogP contribution in [0, 0.1) is 0 Å². The molecule has 2 aromatic carbocycles. The molecule has 0 saturated carbocycles. The Kier molecular flexibility index (Phi) is 6.48. The van der Waals surface area contributed by atoms with E-state index < -0.39 is 5.60 Å². The fourth-order valence-corrected chi connectivity index (χ4v) is 3.59. The number of carbonyl (C=O) groups excluding carboxylic acids is 1. The van der Waals surface area contributed by atoms with Gasteiger partial charge in [0, 0.05) is 32.2 Å². The normalized spacial score (nSPS) is 19.0. The van der Waals surface area contributed by atoms with Gasteiger partial charge in [-0.1, -0.05) is 42.5 Å². The number of hydrogen-bond acceptors (Lipinski definition) is 4. The van der Waals surface area contributed by atoms with Crippen LogP contribution >= 0.6 is 0 Å². The molecule has 144 valence electrons. The first kappa shape index (κ1) is 19.4. The van der Waals surface area contributed by atoms with Gasteiger partial charge in [0.2, 0.25) is 0 Å². The predicted octanol–water partition coefficient (Wildman–Crippen LogP) is 3.22. The third-order valence-electron chi connectivity index (χ3n) is 4.94.